The molecule has 0 unspecified atom stereocenters. The monoisotopic (exact) mass is 328 g/mol. The molecular formula is C18H14F2N2O2. The number of benzene rings is 2. The Hall–Kier alpha value is -3.02. The standard InChI is InChI=1S/C18H14F2N2O2/c1-2-22-10-13(17(23)12-5-3-4-6-16(12)22)18(24)21-15-9-11(19)7-8-14(15)20/h3-10H,2H2,1H3,(H,21,24). The van der Waals surface area contributed by atoms with Crippen LogP contribution in [0, 0.1) is 11.6 Å². The van der Waals surface area contributed by atoms with Gasteiger partial charge in [0.25, 0.3) is 5.91 Å². The van der Waals surface area contributed by atoms with E-state index in [2.05, 4.69) is 5.32 Å². The minimum absolute atomic E-state index is 0.126. The first-order valence-corrected chi connectivity index (χ1v) is 7.40. The number of amides is 1. The summed E-state index contributed by atoms with van der Waals surface area (Å²) >= 11 is 0. The van der Waals surface area contributed by atoms with E-state index in [0.717, 1.165) is 18.2 Å². The quantitative estimate of drug-likeness (QED) is 0.799. The van der Waals surface area contributed by atoms with Crippen LogP contribution in [0.3, 0.4) is 0 Å². The van der Waals surface area contributed by atoms with Crippen molar-refractivity contribution in [3.05, 3.63) is 76.1 Å². The average molecular weight is 328 g/mol. The molecule has 0 aliphatic carbocycles. The van der Waals surface area contributed by atoms with Crippen molar-refractivity contribution >= 4 is 22.5 Å². The summed E-state index contributed by atoms with van der Waals surface area (Å²) in [4.78, 5) is 24.9. The van der Waals surface area contributed by atoms with Gasteiger partial charge in [-0.1, -0.05) is 12.1 Å². The molecule has 0 aliphatic heterocycles. The highest BCUT2D eigenvalue weighted by Gasteiger charge is 2.16. The molecule has 3 rings (SSSR count). The highest BCUT2D eigenvalue weighted by atomic mass is 19.1. The van der Waals surface area contributed by atoms with Gasteiger partial charge in [-0.2, -0.15) is 0 Å². The van der Waals surface area contributed by atoms with E-state index in [-0.39, 0.29) is 11.3 Å². The summed E-state index contributed by atoms with van der Waals surface area (Å²) in [6, 6.07) is 9.65. The molecule has 1 aromatic heterocycles. The number of aromatic nitrogens is 1. The zero-order chi connectivity index (χ0) is 17.3. The number of fused-ring (bicyclic) bond motifs is 1. The molecule has 4 nitrogen and oxygen atoms in total. The molecule has 1 N–H and O–H groups in total. The fourth-order valence-electron chi connectivity index (χ4n) is 2.55. The molecule has 0 saturated heterocycles. The van der Waals surface area contributed by atoms with Gasteiger partial charge in [-0.25, -0.2) is 8.78 Å². The minimum Gasteiger partial charge on any atom is -0.347 e. The van der Waals surface area contributed by atoms with Crippen LogP contribution in [0.5, 0.6) is 0 Å². The smallest absolute Gasteiger partial charge is 0.261 e. The van der Waals surface area contributed by atoms with Crippen LogP contribution in [0.4, 0.5) is 14.5 Å². The Morgan fingerprint density at radius 3 is 2.67 bits per heavy atom. The van der Waals surface area contributed by atoms with Gasteiger partial charge in [-0.3, -0.25) is 9.59 Å². The number of rotatable bonds is 3. The number of para-hydroxylation sites is 1. The van der Waals surface area contributed by atoms with E-state index >= 15 is 0 Å². The fraction of sp³-hybridized carbons (Fsp3) is 0.111. The van der Waals surface area contributed by atoms with E-state index < -0.39 is 23.0 Å². The van der Waals surface area contributed by atoms with Gasteiger partial charge in [-0.15, -0.1) is 0 Å². The maximum absolute atomic E-state index is 13.7. The third-order valence-corrected chi connectivity index (χ3v) is 3.75. The van der Waals surface area contributed by atoms with E-state index in [4.69, 9.17) is 0 Å². The van der Waals surface area contributed by atoms with Crippen molar-refractivity contribution in [1.29, 1.82) is 0 Å². The van der Waals surface area contributed by atoms with E-state index in [0.29, 0.717) is 17.4 Å². The van der Waals surface area contributed by atoms with Crippen molar-refractivity contribution in [3.8, 4) is 0 Å². The van der Waals surface area contributed by atoms with Crippen LogP contribution in [0.15, 0.2) is 53.5 Å². The van der Waals surface area contributed by atoms with Crippen molar-refractivity contribution in [2.75, 3.05) is 5.32 Å². The summed E-state index contributed by atoms with van der Waals surface area (Å²) in [5.74, 6) is -2.24. The third-order valence-electron chi connectivity index (χ3n) is 3.75. The lowest BCUT2D eigenvalue weighted by atomic mass is 10.1. The molecule has 0 bridgehead atoms. The lowest BCUT2D eigenvalue weighted by molar-refractivity contribution is 0.102. The van der Waals surface area contributed by atoms with Gasteiger partial charge in [0.05, 0.1) is 11.2 Å². The first-order chi connectivity index (χ1) is 11.5. The number of nitrogens with one attached hydrogen (secondary N) is 1. The number of nitrogens with zero attached hydrogens (tertiary/aromatic N) is 1. The van der Waals surface area contributed by atoms with E-state index in [1.165, 1.54) is 6.20 Å². The van der Waals surface area contributed by atoms with Crippen molar-refractivity contribution < 1.29 is 13.6 Å². The molecule has 2 aromatic carbocycles. The molecule has 0 spiro atoms. The van der Waals surface area contributed by atoms with Crippen LogP contribution < -0.4 is 10.7 Å². The molecular weight excluding hydrogens is 314 g/mol. The summed E-state index contributed by atoms with van der Waals surface area (Å²) in [6.45, 7) is 2.43. The molecule has 1 heterocycles. The average Bonchev–Trinajstić information content (AvgIpc) is 2.58. The maximum Gasteiger partial charge on any atom is 0.261 e. The fourth-order valence-corrected chi connectivity index (χ4v) is 2.55. The lowest BCUT2D eigenvalue weighted by Crippen LogP contribution is -2.24. The summed E-state index contributed by atoms with van der Waals surface area (Å²) < 4.78 is 28.7. The zero-order valence-corrected chi connectivity index (χ0v) is 12.8. The second kappa shape index (κ2) is 6.23. The number of hydrogen-bond acceptors (Lipinski definition) is 2. The summed E-state index contributed by atoms with van der Waals surface area (Å²) in [5, 5.41) is 2.65. The van der Waals surface area contributed by atoms with E-state index in [1.807, 2.05) is 6.92 Å². The maximum atomic E-state index is 13.7. The molecule has 0 saturated carbocycles. The number of halogens is 2. The van der Waals surface area contributed by atoms with Gasteiger partial charge < -0.3 is 9.88 Å². The zero-order valence-electron chi connectivity index (χ0n) is 12.8. The van der Waals surface area contributed by atoms with Crippen LogP contribution in [0.25, 0.3) is 10.9 Å². The van der Waals surface area contributed by atoms with Crippen molar-refractivity contribution in [1.82, 2.24) is 4.57 Å². The summed E-state index contributed by atoms with van der Waals surface area (Å²) in [7, 11) is 0. The molecule has 1 amide bonds. The minimum atomic E-state index is -0.780. The first kappa shape index (κ1) is 15.9. The Balaban J connectivity index is 2.09. The molecule has 24 heavy (non-hydrogen) atoms. The van der Waals surface area contributed by atoms with Crippen LogP contribution >= 0.6 is 0 Å². The van der Waals surface area contributed by atoms with Gasteiger partial charge in [0, 0.05) is 24.2 Å². The second-order valence-electron chi connectivity index (χ2n) is 5.25. The van der Waals surface area contributed by atoms with Gasteiger partial charge in [-0.05, 0) is 31.2 Å². The predicted molar refractivity (Wildman–Crippen MR) is 88.2 cm³/mol. The SMILES string of the molecule is CCn1cc(C(=O)Nc2cc(F)ccc2F)c(=O)c2ccccc21. The topological polar surface area (TPSA) is 51.1 Å². The molecule has 0 radical (unpaired) electrons. The number of hydrogen-bond donors (Lipinski definition) is 1. The number of pyridine rings is 1. The summed E-state index contributed by atoms with van der Waals surface area (Å²) in [6.07, 6.45) is 1.43. The largest absolute Gasteiger partial charge is 0.347 e. The van der Waals surface area contributed by atoms with Crippen LogP contribution in [-0.2, 0) is 6.54 Å². The van der Waals surface area contributed by atoms with Gasteiger partial charge in [0.2, 0.25) is 5.43 Å². The van der Waals surface area contributed by atoms with Crippen LogP contribution in [0.2, 0.25) is 0 Å². The number of carbonyl (C=O) groups excluding carboxylic acids is 1. The van der Waals surface area contributed by atoms with Crippen LogP contribution in [-0.4, -0.2) is 10.5 Å². The molecule has 122 valence electrons. The van der Waals surface area contributed by atoms with Gasteiger partial charge >= 0.3 is 0 Å². The van der Waals surface area contributed by atoms with E-state index in [1.54, 1.807) is 28.8 Å². The Labute approximate surface area is 136 Å². The lowest BCUT2D eigenvalue weighted by Gasteiger charge is -2.12. The molecule has 0 fully saturated rings. The molecule has 0 aliphatic rings. The normalized spacial score (nSPS) is 10.8. The first-order valence-electron chi connectivity index (χ1n) is 7.40. The van der Waals surface area contributed by atoms with Crippen molar-refractivity contribution in [2.45, 2.75) is 13.5 Å². The second-order valence-corrected chi connectivity index (χ2v) is 5.25. The Kier molecular flexibility index (Phi) is 4.12. The molecule has 6 heteroatoms. The summed E-state index contributed by atoms with van der Waals surface area (Å²) in [5.41, 5.74) is -0.182. The molecule has 3 aromatic rings. The number of carbonyl (C=O) groups is 1. The van der Waals surface area contributed by atoms with Crippen LogP contribution in [0.1, 0.15) is 17.3 Å². The number of anilines is 1. The van der Waals surface area contributed by atoms with Crippen molar-refractivity contribution in [2.24, 2.45) is 0 Å². The highest BCUT2D eigenvalue weighted by molar-refractivity contribution is 6.05. The third kappa shape index (κ3) is 2.78. The number of aryl methyl sites for hydroxylation is 1. The molecule has 0 atom stereocenters. The predicted octanol–water partition coefficient (Wildman–Crippen LogP) is 3.55. The van der Waals surface area contributed by atoms with E-state index in [9.17, 15) is 18.4 Å². The van der Waals surface area contributed by atoms with Crippen molar-refractivity contribution in [3.63, 3.8) is 0 Å². The highest BCUT2D eigenvalue weighted by Crippen LogP contribution is 2.17. The Morgan fingerprint density at radius 2 is 1.92 bits per heavy atom. The van der Waals surface area contributed by atoms with Gasteiger partial charge in [0.1, 0.15) is 17.2 Å². The Bertz CT molecular complexity index is 996. The van der Waals surface area contributed by atoms with Gasteiger partial charge in [0.15, 0.2) is 0 Å². The Morgan fingerprint density at radius 1 is 1.17 bits per heavy atom.